The summed E-state index contributed by atoms with van der Waals surface area (Å²) in [5, 5.41) is 0.685. The molecule has 8 heteroatoms. The highest BCUT2D eigenvalue weighted by Gasteiger charge is 2.41. The molecule has 1 atom stereocenters. The van der Waals surface area contributed by atoms with Crippen molar-refractivity contribution in [1.82, 2.24) is 4.98 Å². The van der Waals surface area contributed by atoms with Gasteiger partial charge in [-0.2, -0.15) is 4.39 Å². The number of nitrogens with zero attached hydrogens (tertiary/aromatic N) is 2. The fourth-order valence-electron chi connectivity index (χ4n) is 3.17. The number of hydrogen-bond acceptors (Lipinski definition) is 4. The zero-order valence-electron chi connectivity index (χ0n) is 12.9. The van der Waals surface area contributed by atoms with Gasteiger partial charge >= 0.3 is 0 Å². The van der Waals surface area contributed by atoms with E-state index in [2.05, 4.69) is 9.98 Å². The number of rotatable bonds is 3. The summed E-state index contributed by atoms with van der Waals surface area (Å²) in [6, 6.07) is 1.23. The number of halogens is 4. The van der Waals surface area contributed by atoms with Crippen molar-refractivity contribution in [2.45, 2.75) is 30.6 Å². The van der Waals surface area contributed by atoms with E-state index in [0.717, 1.165) is 12.8 Å². The highest BCUT2D eigenvalue weighted by molar-refractivity contribution is 6.44. The summed E-state index contributed by atoms with van der Waals surface area (Å²) in [7, 11) is 0. The maximum Gasteiger partial charge on any atom is 0.213 e. The molecule has 2 N–H and O–H groups in total. The molecule has 1 aromatic rings. The lowest BCUT2D eigenvalue weighted by atomic mass is 9.81. The van der Waals surface area contributed by atoms with E-state index in [0.29, 0.717) is 48.3 Å². The fourth-order valence-corrected chi connectivity index (χ4v) is 4.20. The van der Waals surface area contributed by atoms with Crippen LogP contribution in [-0.4, -0.2) is 28.8 Å². The number of nitrogens with two attached hydrogens (primary N) is 1. The number of aromatic nitrogens is 1. The van der Waals surface area contributed by atoms with Gasteiger partial charge in [0, 0.05) is 37.5 Å². The molecule has 1 aromatic heterocycles. The molecule has 3 rings (SSSR count). The second-order valence-electron chi connectivity index (χ2n) is 6.14. The first-order chi connectivity index (χ1) is 11.4. The van der Waals surface area contributed by atoms with Crippen molar-refractivity contribution in [3.8, 4) is 0 Å². The largest absolute Gasteiger partial charge is 0.383 e. The van der Waals surface area contributed by atoms with Gasteiger partial charge < -0.3 is 10.5 Å². The Morgan fingerprint density at radius 3 is 2.75 bits per heavy atom. The van der Waals surface area contributed by atoms with Crippen molar-refractivity contribution in [2.24, 2.45) is 16.6 Å². The van der Waals surface area contributed by atoms with Crippen molar-refractivity contribution in [3.05, 3.63) is 39.7 Å². The van der Waals surface area contributed by atoms with E-state index >= 15 is 0 Å². The summed E-state index contributed by atoms with van der Waals surface area (Å²) in [6.07, 6.45) is 4.05. The van der Waals surface area contributed by atoms with Gasteiger partial charge in [0.2, 0.25) is 5.95 Å². The monoisotopic (exact) mass is 391 g/mol. The predicted octanol–water partition coefficient (Wildman–Crippen LogP) is 4.23. The van der Waals surface area contributed by atoms with E-state index in [4.69, 9.17) is 45.3 Å². The highest BCUT2D eigenvalue weighted by Crippen LogP contribution is 2.43. The zero-order chi connectivity index (χ0) is 17.3. The van der Waals surface area contributed by atoms with Crippen LogP contribution in [0.25, 0.3) is 0 Å². The lowest BCUT2D eigenvalue weighted by Gasteiger charge is -2.36. The number of alkyl halides is 1. The molecule has 24 heavy (non-hydrogen) atoms. The van der Waals surface area contributed by atoms with Gasteiger partial charge in [-0.25, -0.2) is 9.98 Å². The van der Waals surface area contributed by atoms with Crippen molar-refractivity contribution in [1.29, 1.82) is 0 Å². The molecule has 3 heterocycles. The molecule has 0 saturated carbocycles. The molecular formula is C16H17Cl3FN3O. The van der Waals surface area contributed by atoms with Crippen molar-refractivity contribution in [2.75, 3.05) is 13.2 Å². The maximum atomic E-state index is 13.6. The Bertz CT molecular complexity index is 704. The Hall–Kier alpha value is -0.880. The summed E-state index contributed by atoms with van der Waals surface area (Å²) < 4.78 is 19.0. The first kappa shape index (κ1) is 17.9. The normalized spacial score (nSPS) is 25.8. The summed E-state index contributed by atoms with van der Waals surface area (Å²) in [6.45, 7) is 1.42. The van der Waals surface area contributed by atoms with Crippen LogP contribution in [0.15, 0.2) is 28.1 Å². The zero-order valence-corrected chi connectivity index (χ0v) is 15.1. The number of pyridine rings is 1. The Kier molecular flexibility index (Phi) is 5.35. The SMILES string of the molecule is NC1=C(Cl)CC(Cl)(CC2CCOCC2)C(c2cc(F)ncc2Cl)=N1. The molecule has 4 nitrogen and oxygen atoms in total. The number of ether oxygens (including phenoxy) is 1. The van der Waals surface area contributed by atoms with Gasteiger partial charge in [-0.05, 0) is 25.2 Å². The average molecular weight is 393 g/mol. The topological polar surface area (TPSA) is 60.5 Å². The van der Waals surface area contributed by atoms with Crippen LogP contribution in [0.2, 0.25) is 5.02 Å². The van der Waals surface area contributed by atoms with Crippen molar-refractivity contribution >= 4 is 40.5 Å². The van der Waals surface area contributed by atoms with Gasteiger partial charge in [-0.1, -0.05) is 23.2 Å². The van der Waals surface area contributed by atoms with Crippen LogP contribution >= 0.6 is 34.8 Å². The van der Waals surface area contributed by atoms with Crippen LogP contribution in [0.3, 0.4) is 0 Å². The van der Waals surface area contributed by atoms with E-state index in [1.807, 2.05) is 0 Å². The van der Waals surface area contributed by atoms with Gasteiger partial charge in [-0.15, -0.1) is 11.6 Å². The second kappa shape index (κ2) is 7.16. The van der Waals surface area contributed by atoms with Crippen LogP contribution < -0.4 is 5.73 Å². The number of hydrogen-bond donors (Lipinski definition) is 1. The van der Waals surface area contributed by atoms with E-state index in [1.54, 1.807) is 0 Å². The van der Waals surface area contributed by atoms with E-state index in [-0.39, 0.29) is 10.8 Å². The van der Waals surface area contributed by atoms with Crippen molar-refractivity contribution in [3.63, 3.8) is 0 Å². The summed E-state index contributed by atoms with van der Waals surface area (Å²) >= 11 is 19.4. The van der Waals surface area contributed by atoms with Gasteiger partial charge in [0.1, 0.15) is 5.82 Å². The van der Waals surface area contributed by atoms with Crippen LogP contribution in [0.5, 0.6) is 0 Å². The Morgan fingerprint density at radius 2 is 2.04 bits per heavy atom. The van der Waals surface area contributed by atoms with Crippen LogP contribution in [0.1, 0.15) is 31.2 Å². The first-order valence-electron chi connectivity index (χ1n) is 7.70. The molecule has 0 bridgehead atoms. The minimum absolute atomic E-state index is 0.184. The molecule has 0 aromatic carbocycles. The minimum Gasteiger partial charge on any atom is -0.383 e. The minimum atomic E-state index is -0.889. The summed E-state index contributed by atoms with van der Waals surface area (Å²) in [4.78, 5) is 7.01. The first-order valence-corrected chi connectivity index (χ1v) is 8.84. The average Bonchev–Trinajstić information content (AvgIpc) is 2.54. The lowest BCUT2D eigenvalue weighted by molar-refractivity contribution is 0.0622. The maximum absolute atomic E-state index is 13.6. The molecule has 1 fully saturated rings. The third-order valence-corrected chi connectivity index (χ3v) is 5.50. The summed E-state index contributed by atoms with van der Waals surface area (Å²) in [5.41, 5.74) is 6.73. The van der Waals surface area contributed by atoms with Crippen LogP contribution in [0.4, 0.5) is 4.39 Å². The van der Waals surface area contributed by atoms with Gasteiger partial charge in [-0.3, -0.25) is 0 Å². The Balaban J connectivity index is 2.00. The van der Waals surface area contributed by atoms with Crippen LogP contribution in [-0.2, 0) is 4.74 Å². The van der Waals surface area contributed by atoms with Crippen LogP contribution in [0, 0.1) is 11.9 Å². The predicted molar refractivity (Wildman–Crippen MR) is 94.2 cm³/mol. The molecule has 0 amide bonds. The smallest absolute Gasteiger partial charge is 0.213 e. The molecule has 130 valence electrons. The molecule has 1 saturated heterocycles. The number of allylic oxidation sites excluding steroid dienone is 1. The second-order valence-corrected chi connectivity index (χ2v) is 7.73. The van der Waals surface area contributed by atoms with Gasteiger partial charge in [0.15, 0.2) is 0 Å². The standard InChI is InChI=1S/C16H17Cl3FN3O/c17-11-7-16(19,6-9-1-3-24-4-2-9)14(23-15(11)21)10-5-13(20)22-8-12(10)18/h5,8-9H,1-4,6-7,21H2. The molecule has 2 aliphatic rings. The Morgan fingerprint density at radius 1 is 1.33 bits per heavy atom. The third kappa shape index (κ3) is 3.69. The molecule has 2 aliphatic heterocycles. The summed E-state index contributed by atoms with van der Waals surface area (Å²) in [5.74, 6) is -0.0969. The molecule has 0 aliphatic carbocycles. The molecule has 0 radical (unpaired) electrons. The van der Waals surface area contributed by atoms with E-state index in [1.165, 1.54) is 12.3 Å². The Labute approximate surface area is 154 Å². The quantitative estimate of drug-likeness (QED) is 0.618. The number of aliphatic imine (C=N–C) groups is 1. The highest BCUT2D eigenvalue weighted by atomic mass is 35.5. The van der Waals surface area contributed by atoms with Gasteiger partial charge in [0.25, 0.3) is 0 Å². The van der Waals surface area contributed by atoms with E-state index in [9.17, 15) is 4.39 Å². The third-order valence-electron chi connectivity index (χ3n) is 4.40. The molecule has 0 spiro atoms. The lowest BCUT2D eigenvalue weighted by Crippen LogP contribution is -2.40. The van der Waals surface area contributed by atoms with Gasteiger partial charge in [0.05, 0.1) is 20.6 Å². The van der Waals surface area contributed by atoms with Crippen molar-refractivity contribution < 1.29 is 9.13 Å². The molecule has 1 unspecified atom stereocenters. The van der Waals surface area contributed by atoms with E-state index < -0.39 is 10.8 Å². The molecular weight excluding hydrogens is 376 g/mol. The fraction of sp³-hybridized carbons (Fsp3) is 0.500.